The zero-order chi connectivity index (χ0) is 15.3. The van der Waals surface area contributed by atoms with Crippen molar-refractivity contribution in [1.29, 1.82) is 0 Å². The molecule has 0 aliphatic rings. The fourth-order valence-electron chi connectivity index (χ4n) is 2.00. The van der Waals surface area contributed by atoms with E-state index in [2.05, 4.69) is 0 Å². The van der Waals surface area contributed by atoms with Crippen LogP contribution < -0.4 is 5.73 Å². The van der Waals surface area contributed by atoms with Gasteiger partial charge in [0.1, 0.15) is 0 Å². The van der Waals surface area contributed by atoms with Crippen molar-refractivity contribution in [2.45, 2.75) is 44.6 Å². The van der Waals surface area contributed by atoms with E-state index in [1.54, 1.807) is 19.2 Å². The molecule has 21 heavy (non-hydrogen) atoms. The molecule has 0 spiro atoms. The number of nitrogens with two attached hydrogens (primary N) is 1. The molecule has 1 unspecified atom stereocenters. The highest BCUT2D eigenvalue weighted by Crippen LogP contribution is 2.20. The number of aryl methyl sites for hydroxylation is 1. The van der Waals surface area contributed by atoms with Crippen LogP contribution in [0.15, 0.2) is 29.2 Å². The first-order valence-electron chi connectivity index (χ1n) is 7.10. The smallest absolute Gasteiger partial charge is 0.243 e. The van der Waals surface area contributed by atoms with E-state index in [9.17, 15) is 8.42 Å². The van der Waals surface area contributed by atoms with Gasteiger partial charge in [0.25, 0.3) is 0 Å². The first kappa shape index (κ1) is 20.4. The quantitative estimate of drug-likeness (QED) is 0.833. The molecule has 6 heteroatoms. The molecule has 0 amide bonds. The maximum Gasteiger partial charge on any atom is 0.243 e. The van der Waals surface area contributed by atoms with Gasteiger partial charge in [0.2, 0.25) is 10.0 Å². The Kier molecular flexibility index (Phi) is 8.48. The fourth-order valence-corrected chi connectivity index (χ4v) is 3.48. The Balaban J connectivity index is 0.00000400. The second-order valence-electron chi connectivity index (χ2n) is 5.48. The number of nitrogens with zero attached hydrogens (tertiary/aromatic N) is 1. The van der Waals surface area contributed by atoms with Crippen LogP contribution in [0.4, 0.5) is 0 Å². The van der Waals surface area contributed by atoms with E-state index < -0.39 is 10.0 Å². The van der Waals surface area contributed by atoms with E-state index in [4.69, 9.17) is 5.73 Å². The standard InChI is InChI=1S/C15H26N2O2S.ClH/c1-5-13-8-6-7-9-15(13)20(18,19)17(4)11-10-14(16)12(2)3;/h6-9,12,14H,5,10-11,16H2,1-4H3;1H. The molecule has 1 atom stereocenters. The minimum atomic E-state index is -3.43. The Labute approximate surface area is 135 Å². The normalized spacial score (nSPS) is 13.3. The van der Waals surface area contributed by atoms with Crippen LogP contribution in [-0.2, 0) is 16.4 Å². The highest BCUT2D eigenvalue weighted by molar-refractivity contribution is 7.89. The van der Waals surface area contributed by atoms with Crippen LogP contribution in [0.1, 0.15) is 32.8 Å². The van der Waals surface area contributed by atoms with Crippen LogP contribution in [0.5, 0.6) is 0 Å². The molecule has 0 bridgehead atoms. The summed E-state index contributed by atoms with van der Waals surface area (Å²) < 4.78 is 26.6. The third-order valence-electron chi connectivity index (χ3n) is 3.68. The van der Waals surface area contributed by atoms with E-state index >= 15 is 0 Å². The van der Waals surface area contributed by atoms with E-state index in [0.717, 1.165) is 5.56 Å². The lowest BCUT2D eigenvalue weighted by molar-refractivity contribution is 0.397. The summed E-state index contributed by atoms with van der Waals surface area (Å²) in [6.45, 7) is 6.50. The van der Waals surface area contributed by atoms with Crippen molar-refractivity contribution in [2.24, 2.45) is 11.7 Å². The third kappa shape index (κ3) is 5.25. The molecule has 1 aromatic carbocycles. The molecule has 0 aromatic heterocycles. The molecule has 0 heterocycles. The summed E-state index contributed by atoms with van der Waals surface area (Å²) in [5.41, 5.74) is 6.84. The summed E-state index contributed by atoms with van der Waals surface area (Å²) in [5, 5.41) is 0. The predicted octanol–water partition coefficient (Wildman–Crippen LogP) is 2.66. The molecule has 0 aliphatic heterocycles. The van der Waals surface area contributed by atoms with Gasteiger partial charge in [0.15, 0.2) is 0 Å². The molecule has 1 rings (SSSR count). The molecule has 0 fully saturated rings. The number of halogens is 1. The van der Waals surface area contributed by atoms with E-state index in [0.29, 0.717) is 30.2 Å². The summed E-state index contributed by atoms with van der Waals surface area (Å²) in [6.07, 6.45) is 1.37. The summed E-state index contributed by atoms with van der Waals surface area (Å²) in [5.74, 6) is 0.356. The summed E-state index contributed by atoms with van der Waals surface area (Å²) in [7, 11) is -1.81. The largest absolute Gasteiger partial charge is 0.327 e. The first-order valence-corrected chi connectivity index (χ1v) is 8.54. The van der Waals surface area contributed by atoms with Gasteiger partial charge in [0, 0.05) is 19.6 Å². The van der Waals surface area contributed by atoms with Crippen LogP contribution in [0.2, 0.25) is 0 Å². The van der Waals surface area contributed by atoms with Crippen molar-refractivity contribution in [3.8, 4) is 0 Å². The van der Waals surface area contributed by atoms with Gasteiger partial charge in [0.05, 0.1) is 4.90 Å². The summed E-state index contributed by atoms with van der Waals surface area (Å²) >= 11 is 0. The molecule has 4 nitrogen and oxygen atoms in total. The molecule has 0 aliphatic carbocycles. The maximum atomic E-state index is 12.6. The molecule has 0 radical (unpaired) electrons. The van der Waals surface area contributed by atoms with Gasteiger partial charge in [-0.25, -0.2) is 12.7 Å². The highest BCUT2D eigenvalue weighted by Gasteiger charge is 2.23. The van der Waals surface area contributed by atoms with Gasteiger partial charge in [-0.2, -0.15) is 0 Å². The fraction of sp³-hybridized carbons (Fsp3) is 0.600. The maximum absolute atomic E-state index is 12.6. The van der Waals surface area contributed by atoms with Crippen molar-refractivity contribution >= 4 is 22.4 Å². The molecular formula is C15H27ClN2O2S. The van der Waals surface area contributed by atoms with Gasteiger partial charge in [-0.05, 0) is 30.4 Å². The highest BCUT2D eigenvalue weighted by atomic mass is 35.5. The lowest BCUT2D eigenvalue weighted by atomic mass is 10.0. The van der Waals surface area contributed by atoms with Gasteiger partial charge < -0.3 is 5.73 Å². The number of sulfonamides is 1. The average molecular weight is 335 g/mol. The molecule has 0 saturated carbocycles. The Hall–Kier alpha value is -0.620. The van der Waals surface area contributed by atoms with Crippen LogP contribution >= 0.6 is 12.4 Å². The van der Waals surface area contributed by atoms with Crippen molar-refractivity contribution in [3.05, 3.63) is 29.8 Å². The molecule has 122 valence electrons. The zero-order valence-corrected chi connectivity index (χ0v) is 14.9. The SMILES string of the molecule is CCc1ccccc1S(=O)(=O)N(C)CCC(N)C(C)C.Cl. The van der Waals surface area contributed by atoms with Crippen molar-refractivity contribution in [3.63, 3.8) is 0 Å². The number of benzene rings is 1. The molecule has 2 N–H and O–H groups in total. The Morgan fingerprint density at radius 2 is 1.81 bits per heavy atom. The van der Waals surface area contributed by atoms with Gasteiger partial charge in [-0.15, -0.1) is 12.4 Å². The Bertz CT molecular complexity index is 532. The van der Waals surface area contributed by atoms with Crippen molar-refractivity contribution in [2.75, 3.05) is 13.6 Å². The number of hydrogen-bond acceptors (Lipinski definition) is 3. The Morgan fingerprint density at radius 1 is 1.24 bits per heavy atom. The van der Waals surface area contributed by atoms with Crippen molar-refractivity contribution in [1.82, 2.24) is 4.31 Å². The van der Waals surface area contributed by atoms with E-state index in [-0.39, 0.29) is 18.4 Å². The van der Waals surface area contributed by atoms with Gasteiger partial charge in [-0.3, -0.25) is 0 Å². The summed E-state index contributed by atoms with van der Waals surface area (Å²) in [4.78, 5) is 0.406. The first-order chi connectivity index (χ1) is 9.30. The Morgan fingerprint density at radius 3 is 2.33 bits per heavy atom. The molecule has 0 saturated heterocycles. The lowest BCUT2D eigenvalue weighted by Crippen LogP contribution is -2.35. The third-order valence-corrected chi connectivity index (χ3v) is 5.63. The summed E-state index contributed by atoms with van der Waals surface area (Å²) in [6, 6.07) is 7.19. The molecule has 1 aromatic rings. The second-order valence-corrected chi connectivity index (χ2v) is 7.50. The van der Waals surface area contributed by atoms with E-state index in [1.807, 2.05) is 32.9 Å². The average Bonchev–Trinajstić information content (AvgIpc) is 2.43. The van der Waals surface area contributed by atoms with Gasteiger partial charge in [-0.1, -0.05) is 39.0 Å². The second kappa shape index (κ2) is 8.73. The molecular weight excluding hydrogens is 308 g/mol. The van der Waals surface area contributed by atoms with Crippen LogP contribution in [0.3, 0.4) is 0 Å². The van der Waals surface area contributed by atoms with Crippen LogP contribution in [0.25, 0.3) is 0 Å². The number of rotatable bonds is 7. The van der Waals surface area contributed by atoms with Gasteiger partial charge >= 0.3 is 0 Å². The van der Waals surface area contributed by atoms with E-state index in [1.165, 1.54) is 4.31 Å². The van der Waals surface area contributed by atoms with Crippen LogP contribution in [0, 0.1) is 5.92 Å². The minimum absolute atomic E-state index is 0. The lowest BCUT2D eigenvalue weighted by Gasteiger charge is -2.22. The van der Waals surface area contributed by atoms with Crippen molar-refractivity contribution < 1.29 is 8.42 Å². The topological polar surface area (TPSA) is 63.4 Å². The zero-order valence-electron chi connectivity index (χ0n) is 13.2. The monoisotopic (exact) mass is 334 g/mol. The predicted molar refractivity (Wildman–Crippen MR) is 90.3 cm³/mol. The van der Waals surface area contributed by atoms with Crippen LogP contribution in [-0.4, -0.2) is 32.4 Å². The number of hydrogen-bond donors (Lipinski definition) is 1. The minimum Gasteiger partial charge on any atom is -0.327 e.